The Balaban J connectivity index is 0.000000243. The highest BCUT2D eigenvalue weighted by Gasteiger charge is 2.06. The first-order valence-electron chi connectivity index (χ1n) is 16.6. The van der Waals surface area contributed by atoms with Crippen molar-refractivity contribution in [3.8, 4) is 0 Å². The molecule has 2 aromatic heterocycles. The van der Waals surface area contributed by atoms with Gasteiger partial charge in [0.25, 0.3) is 5.91 Å². The molecule has 0 saturated heterocycles. The number of anilines is 10. The van der Waals surface area contributed by atoms with Crippen LogP contribution in [0.5, 0.6) is 0 Å². The van der Waals surface area contributed by atoms with Gasteiger partial charge in [0.2, 0.25) is 5.76 Å². The Labute approximate surface area is 338 Å². The summed E-state index contributed by atoms with van der Waals surface area (Å²) in [5, 5.41) is 11.0. The first kappa shape index (κ1) is 45.3. The number of nitrogens with zero attached hydrogens (tertiary/aromatic N) is 1. The maximum absolute atomic E-state index is 11.7. The SMILES string of the molecule is Nc1ccc(N)cc1.Nc1ccc(N)cc1.Nc1ccc(N)cc1.Nc1ccc(N)cc1.Nc1ccc(NC(=O)c2cccnc2)cc1.O=C(O)c1cc(Br)co1. The van der Waals surface area contributed by atoms with Crippen molar-refractivity contribution >= 4 is 84.7 Å². The summed E-state index contributed by atoms with van der Waals surface area (Å²) in [7, 11) is 0. The van der Waals surface area contributed by atoms with Gasteiger partial charge in [-0.3, -0.25) is 9.78 Å². The van der Waals surface area contributed by atoms with Gasteiger partial charge in [-0.15, -0.1) is 0 Å². The molecule has 1 amide bonds. The van der Waals surface area contributed by atoms with Gasteiger partial charge < -0.3 is 66.4 Å². The smallest absolute Gasteiger partial charge is 0.371 e. The van der Waals surface area contributed by atoms with Crippen molar-refractivity contribution in [3.05, 3.63) is 174 Å². The number of carbonyl (C=O) groups excluding carboxylic acids is 1. The first-order valence-corrected chi connectivity index (χ1v) is 17.4. The molecule has 5 aromatic carbocycles. The zero-order valence-electron chi connectivity index (χ0n) is 30.7. The number of hydrogen-bond donors (Lipinski definition) is 11. The number of aromatic carboxylic acids is 1. The second-order valence-electron chi connectivity index (χ2n) is 11.4. The Hall–Kier alpha value is -7.85. The summed E-state index contributed by atoms with van der Waals surface area (Å²) in [4.78, 5) is 25.7. The molecule has 0 aliphatic carbocycles. The number of hydrogen-bond acceptors (Lipinski definition) is 13. The molecule has 2 heterocycles. The number of aromatic nitrogens is 1. The van der Waals surface area contributed by atoms with Crippen LogP contribution in [-0.2, 0) is 0 Å². The predicted molar refractivity (Wildman–Crippen MR) is 237 cm³/mol. The number of nitrogens with two attached hydrogens (primary N) is 9. The Morgan fingerprint density at radius 1 is 0.526 bits per heavy atom. The zero-order valence-corrected chi connectivity index (χ0v) is 32.3. The second kappa shape index (κ2) is 24.5. The van der Waals surface area contributed by atoms with Crippen LogP contribution in [0.2, 0.25) is 0 Å². The minimum atomic E-state index is -1.05. The second-order valence-corrected chi connectivity index (χ2v) is 12.3. The number of carbonyl (C=O) groups is 2. The van der Waals surface area contributed by atoms with E-state index in [1.807, 2.05) is 0 Å². The highest BCUT2D eigenvalue weighted by atomic mass is 79.9. The summed E-state index contributed by atoms with van der Waals surface area (Å²) in [5.74, 6) is -1.29. The topological polar surface area (TPSA) is 327 Å². The van der Waals surface area contributed by atoms with Crippen LogP contribution in [0.25, 0.3) is 0 Å². The molecule has 7 aromatic rings. The van der Waals surface area contributed by atoms with E-state index in [9.17, 15) is 9.59 Å². The van der Waals surface area contributed by atoms with Crippen molar-refractivity contribution in [2.75, 3.05) is 56.9 Å². The van der Waals surface area contributed by atoms with E-state index >= 15 is 0 Å². The highest BCUT2D eigenvalue weighted by molar-refractivity contribution is 9.10. The Morgan fingerprint density at radius 2 is 0.842 bits per heavy atom. The van der Waals surface area contributed by atoms with Gasteiger partial charge in [-0.2, -0.15) is 0 Å². The summed E-state index contributed by atoms with van der Waals surface area (Å²) in [6.07, 6.45) is 4.47. The van der Waals surface area contributed by atoms with Crippen LogP contribution in [0.4, 0.5) is 56.9 Å². The molecule has 0 saturated carbocycles. The van der Waals surface area contributed by atoms with Crippen LogP contribution < -0.4 is 56.9 Å². The molecule has 57 heavy (non-hydrogen) atoms. The maximum atomic E-state index is 11.7. The summed E-state index contributed by atoms with van der Waals surface area (Å²) < 4.78 is 5.22. The maximum Gasteiger partial charge on any atom is 0.371 e. The van der Waals surface area contributed by atoms with Crippen LogP contribution in [0.3, 0.4) is 0 Å². The molecule has 15 nitrogen and oxygen atoms in total. The lowest BCUT2D eigenvalue weighted by molar-refractivity contribution is 0.0662. The third-order valence-corrected chi connectivity index (χ3v) is 7.03. The number of benzene rings is 5. The van der Waals surface area contributed by atoms with Gasteiger partial charge in [0, 0.05) is 75.3 Å². The molecular formula is C41H46BrN11O4. The van der Waals surface area contributed by atoms with Crippen LogP contribution in [0, 0.1) is 0 Å². The molecule has 0 spiro atoms. The van der Waals surface area contributed by atoms with Gasteiger partial charge in [-0.1, -0.05) is 0 Å². The lowest BCUT2D eigenvalue weighted by Gasteiger charge is -2.04. The molecule has 296 valence electrons. The highest BCUT2D eigenvalue weighted by Crippen LogP contribution is 2.14. The van der Waals surface area contributed by atoms with E-state index in [0.29, 0.717) is 21.4 Å². The molecule has 20 N–H and O–H groups in total. The normalized spacial score (nSPS) is 9.28. The van der Waals surface area contributed by atoms with E-state index in [2.05, 4.69) is 30.6 Å². The number of halogens is 1. The van der Waals surface area contributed by atoms with Crippen molar-refractivity contribution in [2.45, 2.75) is 0 Å². The van der Waals surface area contributed by atoms with E-state index in [1.54, 1.807) is 140 Å². The van der Waals surface area contributed by atoms with Gasteiger partial charge in [-0.05, 0) is 149 Å². The van der Waals surface area contributed by atoms with E-state index in [4.69, 9.17) is 56.7 Å². The predicted octanol–water partition coefficient (Wildman–Crippen LogP) is 7.06. The van der Waals surface area contributed by atoms with Crippen LogP contribution in [-0.4, -0.2) is 22.0 Å². The average Bonchev–Trinajstić information content (AvgIpc) is 3.65. The van der Waals surface area contributed by atoms with Gasteiger partial charge in [0.15, 0.2) is 0 Å². The van der Waals surface area contributed by atoms with Gasteiger partial charge >= 0.3 is 5.97 Å². The van der Waals surface area contributed by atoms with Crippen molar-refractivity contribution in [1.29, 1.82) is 0 Å². The molecule has 0 radical (unpaired) electrons. The number of nitrogen functional groups attached to an aromatic ring is 9. The van der Waals surface area contributed by atoms with Crippen LogP contribution in [0.1, 0.15) is 20.9 Å². The fourth-order valence-electron chi connectivity index (χ4n) is 3.68. The Morgan fingerprint density at radius 3 is 1.07 bits per heavy atom. The number of carboxylic acid groups (broad SMARTS) is 1. The summed E-state index contributed by atoms with van der Waals surface area (Å²) in [5.41, 5.74) is 56.4. The van der Waals surface area contributed by atoms with E-state index in [1.165, 1.54) is 18.5 Å². The van der Waals surface area contributed by atoms with Gasteiger partial charge in [0.05, 0.1) is 10.0 Å². The minimum absolute atomic E-state index is 0.0538. The van der Waals surface area contributed by atoms with Gasteiger partial charge in [0.1, 0.15) is 6.26 Å². The first-order chi connectivity index (χ1) is 27.1. The lowest BCUT2D eigenvalue weighted by atomic mass is 10.2. The molecule has 0 atom stereocenters. The molecule has 0 aliphatic rings. The summed E-state index contributed by atoms with van der Waals surface area (Å²) >= 11 is 3.04. The number of pyridine rings is 1. The van der Waals surface area contributed by atoms with E-state index in [0.717, 1.165) is 45.5 Å². The standard InChI is InChI=1S/C12H11N3O.4C6H8N2.C5H3BrO3/c13-10-3-5-11(6-4-10)15-12(16)9-2-1-7-14-8-9;4*7-5-1-2-6(8)4-3-5;6-3-1-4(5(7)8)9-2-3/h1-8H,13H2,(H,15,16);4*1-4H,7-8H2;1-2H,(H,7,8). The number of nitrogens with one attached hydrogen (secondary N) is 1. The average molecular weight is 837 g/mol. The fourth-order valence-corrected chi connectivity index (χ4v) is 3.98. The van der Waals surface area contributed by atoms with E-state index < -0.39 is 5.97 Å². The number of rotatable bonds is 3. The molecule has 0 bridgehead atoms. The Kier molecular flexibility index (Phi) is 19.4. The molecular weight excluding hydrogens is 790 g/mol. The summed E-state index contributed by atoms with van der Waals surface area (Å²) in [6.45, 7) is 0. The van der Waals surface area contributed by atoms with Crippen LogP contribution >= 0.6 is 15.9 Å². The fraction of sp³-hybridized carbons (Fsp3) is 0. The van der Waals surface area contributed by atoms with Crippen LogP contribution in [0.15, 0.2) is 167 Å². The van der Waals surface area contributed by atoms with Crippen molar-refractivity contribution < 1.29 is 19.1 Å². The quantitative estimate of drug-likeness (QED) is 0.0794. The number of furan rings is 1. The molecule has 0 unspecified atom stereocenters. The molecule has 7 rings (SSSR count). The number of carboxylic acids is 1. The van der Waals surface area contributed by atoms with Crippen molar-refractivity contribution in [3.63, 3.8) is 0 Å². The zero-order chi connectivity index (χ0) is 42.2. The molecule has 0 aliphatic heterocycles. The van der Waals surface area contributed by atoms with Gasteiger partial charge in [-0.25, -0.2) is 4.79 Å². The third kappa shape index (κ3) is 20.3. The largest absolute Gasteiger partial charge is 0.475 e. The Bertz CT molecular complexity index is 1930. The lowest BCUT2D eigenvalue weighted by Crippen LogP contribution is -2.11. The molecule has 0 fully saturated rings. The van der Waals surface area contributed by atoms with Crippen molar-refractivity contribution in [2.24, 2.45) is 0 Å². The minimum Gasteiger partial charge on any atom is -0.475 e. The number of amides is 1. The summed E-state index contributed by atoms with van der Waals surface area (Å²) in [6, 6.07) is 40.2. The third-order valence-electron chi connectivity index (χ3n) is 6.62. The van der Waals surface area contributed by atoms with E-state index in [-0.39, 0.29) is 11.7 Å². The monoisotopic (exact) mass is 835 g/mol. The van der Waals surface area contributed by atoms with Crippen molar-refractivity contribution in [1.82, 2.24) is 4.98 Å². The molecule has 16 heteroatoms.